The third kappa shape index (κ3) is 3.22. The first kappa shape index (κ1) is 22.6. The molecule has 174 valence electrons. The maximum absolute atomic E-state index is 13.1. The molecule has 0 amide bonds. The van der Waals surface area contributed by atoms with Crippen LogP contribution in [0.3, 0.4) is 0 Å². The Labute approximate surface area is 193 Å². The van der Waals surface area contributed by atoms with Crippen molar-refractivity contribution in [3.63, 3.8) is 0 Å². The zero-order valence-corrected chi connectivity index (χ0v) is 20.2. The number of benzene rings is 3. The summed E-state index contributed by atoms with van der Waals surface area (Å²) in [4.78, 5) is 13.1. The van der Waals surface area contributed by atoms with E-state index in [0.29, 0.717) is 34.3 Å². The van der Waals surface area contributed by atoms with E-state index in [4.69, 9.17) is 28.4 Å². The number of hydrogen-bond donors (Lipinski definition) is 0. The van der Waals surface area contributed by atoms with Gasteiger partial charge in [0.25, 0.3) is 0 Å². The van der Waals surface area contributed by atoms with Crippen LogP contribution in [0, 0.1) is 13.8 Å². The normalized spacial score (nSPS) is 14.7. The van der Waals surface area contributed by atoms with Crippen molar-refractivity contribution in [1.29, 1.82) is 0 Å². The van der Waals surface area contributed by atoms with Gasteiger partial charge in [0.15, 0.2) is 23.0 Å². The molecule has 0 N–H and O–H groups in total. The van der Waals surface area contributed by atoms with Crippen LogP contribution in [-0.4, -0.2) is 41.5 Å². The van der Waals surface area contributed by atoms with Crippen LogP contribution in [0.4, 0.5) is 0 Å². The second-order valence-electron chi connectivity index (χ2n) is 7.91. The van der Waals surface area contributed by atoms with Gasteiger partial charge in [-0.3, -0.25) is 0 Å². The summed E-state index contributed by atoms with van der Waals surface area (Å²) in [6.45, 7) is 5.89. The van der Waals surface area contributed by atoms with E-state index >= 15 is 0 Å². The molecule has 7 heteroatoms. The summed E-state index contributed by atoms with van der Waals surface area (Å²) in [6.07, 6.45) is -0.370. The Balaban J connectivity index is 2.24. The van der Waals surface area contributed by atoms with Crippen LogP contribution in [0.15, 0.2) is 18.2 Å². The molecule has 1 unspecified atom stereocenters. The van der Waals surface area contributed by atoms with Crippen LogP contribution in [0.25, 0.3) is 21.9 Å². The zero-order chi connectivity index (χ0) is 24.0. The van der Waals surface area contributed by atoms with Gasteiger partial charge in [0.05, 0.1) is 41.1 Å². The van der Waals surface area contributed by atoms with E-state index in [1.165, 1.54) is 0 Å². The summed E-state index contributed by atoms with van der Waals surface area (Å²) in [6, 6.07) is 5.59. The monoisotopic (exact) mass is 452 g/mol. The van der Waals surface area contributed by atoms with Crippen LogP contribution in [0.5, 0.6) is 28.7 Å². The summed E-state index contributed by atoms with van der Waals surface area (Å²) in [5.41, 5.74) is 4.77. The highest BCUT2D eigenvalue weighted by Crippen LogP contribution is 2.51. The van der Waals surface area contributed by atoms with Crippen LogP contribution >= 0.6 is 0 Å². The average molecular weight is 453 g/mol. The maximum atomic E-state index is 13.1. The van der Waals surface area contributed by atoms with Crippen LogP contribution < -0.4 is 23.7 Å². The van der Waals surface area contributed by atoms with Gasteiger partial charge >= 0.3 is 5.97 Å². The molecule has 1 aliphatic rings. The van der Waals surface area contributed by atoms with Crippen LogP contribution in [0.1, 0.15) is 40.1 Å². The second-order valence-corrected chi connectivity index (χ2v) is 7.91. The van der Waals surface area contributed by atoms with Crippen LogP contribution in [0.2, 0.25) is 0 Å². The number of aryl methyl sites for hydroxylation is 2. The number of hydrogen-bond acceptors (Lipinski definition) is 7. The highest BCUT2D eigenvalue weighted by molar-refractivity contribution is 6.14. The molecule has 3 aromatic carbocycles. The number of ether oxygens (including phenoxy) is 6. The zero-order valence-electron chi connectivity index (χ0n) is 20.2. The van der Waals surface area contributed by atoms with Crippen molar-refractivity contribution in [1.82, 2.24) is 0 Å². The molecular formula is C26H28O7. The van der Waals surface area contributed by atoms with Gasteiger partial charge in [0.1, 0.15) is 6.10 Å². The SMILES string of the molecule is COc1cc(-c2c3c(c(C)c4c(C)c(OC)c(OC)cc24)C(C)OC3=O)cc(OC)c1OC. The molecule has 0 radical (unpaired) electrons. The quantitative estimate of drug-likeness (QED) is 0.464. The van der Waals surface area contributed by atoms with E-state index < -0.39 is 0 Å². The topological polar surface area (TPSA) is 72.5 Å². The first-order chi connectivity index (χ1) is 15.8. The number of fused-ring (bicyclic) bond motifs is 2. The van der Waals surface area contributed by atoms with E-state index in [2.05, 4.69) is 0 Å². The minimum atomic E-state index is -0.370. The Morgan fingerprint density at radius 1 is 0.727 bits per heavy atom. The second kappa shape index (κ2) is 8.39. The summed E-state index contributed by atoms with van der Waals surface area (Å²) in [5, 5.41) is 1.84. The number of rotatable bonds is 6. The molecule has 1 heterocycles. The van der Waals surface area contributed by atoms with Gasteiger partial charge in [-0.15, -0.1) is 0 Å². The third-order valence-corrected chi connectivity index (χ3v) is 6.32. The van der Waals surface area contributed by atoms with Crippen molar-refractivity contribution in [3.8, 4) is 39.9 Å². The lowest BCUT2D eigenvalue weighted by atomic mass is 9.84. The Morgan fingerprint density at radius 2 is 1.27 bits per heavy atom. The van der Waals surface area contributed by atoms with Gasteiger partial charge in [-0.2, -0.15) is 0 Å². The van der Waals surface area contributed by atoms with Gasteiger partial charge in [-0.1, -0.05) is 0 Å². The van der Waals surface area contributed by atoms with Gasteiger partial charge in [0, 0.05) is 16.7 Å². The molecule has 0 fully saturated rings. The number of methoxy groups -OCH3 is 5. The predicted molar refractivity (Wildman–Crippen MR) is 125 cm³/mol. The van der Waals surface area contributed by atoms with Crippen molar-refractivity contribution in [3.05, 3.63) is 40.5 Å². The number of cyclic esters (lactones) is 1. The minimum absolute atomic E-state index is 0.362. The number of esters is 1. The molecule has 7 nitrogen and oxygen atoms in total. The lowest BCUT2D eigenvalue weighted by molar-refractivity contribution is 0.0422. The smallest absolute Gasteiger partial charge is 0.339 e. The fraction of sp³-hybridized carbons (Fsp3) is 0.346. The first-order valence-corrected chi connectivity index (χ1v) is 10.6. The van der Waals surface area contributed by atoms with E-state index in [1.807, 2.05) is 39.0 Å². The van der Waals surface area contributed by atoms with Gasteiger partial charge < -0.3 is 28.4 Å². The van der Waals surface area contributed by atoms with Gasteiger partial charge in [0.2, 0.25) is 5.75 Å². The largest absolute Gasteiger partial charge is 0.493 e. The van der Waals surface area contributed by atoms with Crippen molar-refractivity contribution in [2.45, 2.75) is 26.9 Å². The molecular weight excluding hydrogens is 424 g/mol. The third-order valence-electron chi connectivity index (χ3n) is 6.32. The molecule has 3 aromatic rings. The molecule has 1 aliphatic heterocycles. The Hall–Kier alpha value is -3.61. The fourth-order valence-electron chi connectivity index (χ4n) is 4.97. The van der Waals surface area contributed by atoms with Gasteiger partial charge in [-0.25, -0.2) is 4.79 Å². The molecule has 0 aliphatic carbocycles. The minimum Gasteiger partial charge on any atom is -0.493 e. The molecule has 33 heavy (non-hydrogen) atoms. The lowest BCUT2D eigenvalue weighted by Gasteiger charge is -2.21. The first-order valence-electron chi connectivity index (χ1n) is 10.6. The summed E-state index contributed by atoms with van der Waals surface area (Å²) in [7, 11) is 7.90. The molecule has 1 atom stereocenters. The number of carbonyl (C=O) groups is 1. The molecule has 0 bridgehead atoms. The van der Waals surface area contributed by atoms with E-state index in [0.717, 1.165) is 38.6 Å². The number of carbonyl (C=O) groups excluding carboxylic acids is 1. The predicted octanol–water partition coefficient (Wildman–Crippen LogP) is 5.40. The summed E-state index contributed by atoms with van der Waals surface area (Å²) < 4.78 is 33.6. The summed E-state index contributed by atoms with van der Waals surface area (Å²) >= 11 is 0. The van der Waals surface area contributed by atoms with E-state index in [1.54, 1.807) is 35.5 Å². The highest BCUT2D eigenvalue weighted by Gasteiger charge is 2.36. The molecule has 4 rings (SSSR count). The van der Waals surface area contributed by atoms with E-state index in [9.17, 15) is 4.79 Å². The Bertz CT molecular complexity index is 1250. The van der Waals surface area contributed by atoms with Crippen molar-refractivity contribution < 1.29 is 33.2 Å². The molecule has 0 saturated heterocycles. The summed E-state index contributed by atoms with van der Waals surface area (Å²) in [5.74, 6) is 2.33. The molecule has 0 spiro atoms. The van der Waals surface area contributed by atoms with Crippen molar-refractivity contribution in [2.24, 2.45) is 0 Å². The van der Waals surface area contributed by atoms with Crippen molar-refractivity contribution >= 4 is 16.7 Å². The Morgan fingerprint density at radius 3 is 1.79 bits per heavy atom. The molecule has 0 saturated carbocycles. The van der Waals surface area contributed by atoms with Crippen LogP contribution in [-0.2, 0) is 4.74 Å². The highest BCUT2D eigenvalue weighted by atomic mass is 16.5. The Kier molecular flexibility index (Phi) is 5.74. The lowest BCUT2D eigenvalue weighted by Crippen LogP contribution is -2.04. The van der Waals surface area contributed by atoms with Gasteiger partial charge in [-0.05, 0) is 60.9 Å². The fourth-order valence-corrected chi connectivity index (χ4v) is 4.97. The average Bonchev–Trinajstić information content (AvgIpc) is 3.11. The standard InChI is InChI=1S/C26H28O7/c1-12-20-13(2)24(31-7)19(30-6)11-16(20)22(23-21(12)14(3)33-26(23)27)15-9-17(28-4)25(32-8)18(10-15)29-5/h9-11,14H,1-8H3. The van der Waals surface area contributed by atoms with E-state index in [-0.39, 0.29) is 12.1 Å². The maximum Gasteiger partial charge on any atom is 0.339 e. The van der Waals surface area contributed by atoms with Crippen molar-refractivity contribution in [2.75, 3.05) is 35.5 Å². The molecule has 0 aromatic heterocycles.